The molecule has 0 amide bonds. The number of hydrogen-bond acceptors (Lipinski definition) is 3. The lowest BCUT2D eigenvalue weighted by molar-refractivity contribution is 0.578. The molecule has 2 aromatic carbocycles. The maximum Gasteiger partial charge on any atom is 0.215 e. The summed E-state index contributed by atoms with van der Waals surface area (Å²) in [4.78, 5) is 2.06. The van der Waals surface area contributed by atoms with Gasteiger partial charge < -0.3 is 4.90 Å². The van der Waals surface area contributed by atoms with Crippen molar-refractivity contribution in [3.63, 3.8) is 0 Å². The van der Waals surface area contributed by atoms with E-state index in [0.717, 1.165) is 29.7 Å². The topological polar surface area (TPSA) is 49.4 Å². The molecule has 0 aliphatic heterocycles. The Labute approximate surface area is 145 Å². The molecule has 0 aliphatic rings. The van der Waals surface area contributed by atoms with Gasteiger partial charge in [-0.25, -0.2) is 13.1 Å². The van der Waals surface area contributed by atoms with Crippen LogP contribution in [0, 0.1) is 6.92 Å². The average Bonchev–Trinajstić information content (AvgIpc) is 2.54. The Morgan fingerprint density at radius 2 is 1.50 bits per heavy atom. The number of benzene rings is 2. The molecule has 0 spiro atoms. The van der Waals surface area contributed by atoms with Gasteiger partial charge in [0.1, 0.15) is 0 Å². The third kappa shape index (κ3) is 5.98. The fraction of sp³-hybridized carbons (Fsp3) is 0.368. The molecule has 4 nitrogen and oxygen atoms in total. The van der Waals surface area contributed by atoms with Crippen molar-refractivity contribution in [3.05, 3.63) is 65.2 Å². The molecule has 2 aromatic rings. The zero-order valence-electron chi connectivity index (χ0n) is 14.6. The number of nitrogens with zero attached hydrogens (tertiary/aromatic N) is 1. The first-order valence-electron chi connectivity index (χ1n) is 8.15. The van der Waals surface area contributed by atoms with E-state index in [-0.39, 0.29) is 5.75 Å². The highest BCUT2D eigenvalue weighted by Crippen LogP contribution is 2.13. The summed E-state index contributed by atoms with van der Waals surface area (Å²) in [6.07, 6.45) is 1.65. The lowest BCUT2D eigenvalue weighted by Gasteiger charge is -2.12. The monoisotopic (exact) mass is 346 g/mol. The van der Waals surface area contributed by atoms with Crippen LogP contribution in [-0.4, -0.2) is 29.1 Å². The summed E-state index contributed by atoms with van der Waals surface area (Å²) >= 11 is 0. The van der Waals surface area contributed by atoms with E-state index in [1.807, 2.05) is 45.3 Å². The highest BCUT2D eigenvalue weighted by atomic mass is 32.2. The molecule has 0 unspecified atom stereocenters. The number of hydrogen-bond donors (Lipinski definition) is 1. The largest absolute Gasteiger partial charge is 0.378 e. The summed E-state index contributed by atoms with van der Waals surface area (Å²) in [5.74, 6) is 0.0326. The van der Waals surface area contributed by atoms with Gasteiger partial charge in [0.25, 0.3) is 0 Å². The molecule has 24 heavy (non-hydrogen) atoms. The van der Waals surface area contributed by atoms with Crippen molar-refractivity contribution in [2.24, 2.45) is 0 Å². The predicted molar refractivity (Wildman–Crippen MR) is 101 cm³/mol. The predicted octanol–water partition coefficient (Wildman–Crippen LogP) is 3.11. The molecule has 0 aromatic heterocycles. The summed E-state index contributed by atoms with van der Waals surface area (Å²) < 4.78 is 26.9. The first kappa shape index (κ1) is 18.5. The van der Waals surface area contributed by atoms with Crippen molar-refractivity contribution in [3.8, 4) is 0 Å². The third-order valence-electron chi connectivity index (χ3n) is 3.89. The van der Waals surface area contributed by atoms with Gasteiger partial charge in [-0.1, -0.05) is 42.0 Å². The molecule has 1 N–H and O–H groups in total. The van der Waals surface area contributed by atoms with Gasteiger partial charge >= 0.3 is 0 Å². The molecule has 0 saturated carbocycles. The SMILES string of the molecule is Cc1ccc(CS(=O)(=O)NCCCc2ccc(N(C)C)cc2)cc1. The maximum absolute atomic E-state index is 12.1. The van der Waals surface area contributed by atoms with Gasteiger partial charge in [-0.3, -0.25) is 0 Å². The molecule has 0 radical (unpaired) electrons. The van der Waals surface area contributed by atoms with E-state index >= 15 is 0 Å². The summed E-state index contributed by atoms with van der Waals surface area (Å²) in [5, 5.41) is 0. The summed E-state index contributed by atoms with van der Waals surface area (Å²) in [6.45, 7) is 2.45. The number of sulfonamides is 1. The van der Waals surface area contributed by atoms with Gasteiger partial charge in [-0.2, -0.15) is 0 Å². The minimum atomic E-state index is -3.28. The van der Waals surface area contributed by atoms with Gasteiger partial charge in [-0.05, 0) is 43.0 Å². The summed E-state index contributed by atoms with van der Waals surface area (Å²) in [6, 6.07) is 15.9. The quantitative estimate of drug-likeness (QED) is 0.747. The van der Waals surface area contributed by atoms with Crippen LogP contribution in [-0.2, 0) is 22.2 Å². The lowest BCUT2D eigenvalue weighted by atomic mass is 10.1. The second-order valence-electron chi connectivity index (χ2n) is 6.30. The van der Waals surface area contributed by atoms with E-state index in [0.29, 0.717) is 6.54 Å². The molecule has 5 heteroatoms. The molecule has 0 heterocycles. The van der Waals surface area contributed by atoms with E-state index in [4.69, 9.17) is 0 Å². The van der Waals surface area contributed by atoms with Crippen LogP contribution < -0.4 is 9.62 Å². The average molecular weight is 346 g/mol. The van der Waals surface area contributed by atoms with Crippen LogP contribution >= 0.6 is 0 Å². The van der Waals surface area contributed by atoms with E-state index < -0.39 is 10.0 Å². The maximum atomic E-state index is 12.1. The van der Waals surface area contributed by atoms with E-state index in [9.17, 15) is 8.42 Å². The lowest BCUT2D eigenvalue weighted by Crippen LogP contribution is -2.26. The Hall–Kier alpha value is -1.85. The van der Waals surface area contributed by atoms with Gasteiger partial charge in [-0.15, -0.1) is 0 Å². The van der Waals surface area contributed by atoms with Gasteiger partial charge in [0.05, 0.1) is 5.75 Å². The van der Waals surface area contributed by atoms with E-state index in [1.54, 1.807) is 0 Å². The molecule has 0 atom stereocenters. The van der Waals surface area contributed by atoms with Crippen LogP contribution in [0.15, 0.2) is 48.5 Å². The van der Waals surface area contributed by atoms with Crippen molar-refractivity contribution in [1.29, 1.82) is 0 Å². The number of rotatable bonds is 8. The summed E-state index contributed by atoms with van der Waals surface area (Å²) in [7, 11) is 0.747. The highest BCUT2D eigenvalue weighted by molar-refractivity contribution is 7.88. The normalized spacial score (nSPS) is 11.5. The Bertz CT molecular complexity index is 736. The minimum Gasteiger partial charge on any atom is -0.378 e. The molecular formula is C19H26N2O2S. The third-order valence-corrected chi connectivity index (χ3v) is 5.25. The zero-order chi connectivity index (χ0) is 17.6. The van der Waals surface area contributed by atoms with Crippen LogP contribution in [0.5, 0.6) is 0 Å². The van der Waals surface area contributed by atoms with Crippen molar-refractivity contribution in [2.45, 2.75) is 25.5 Å². The van der Waals surface area contributed by atoms with E-state index in [1.165, 1.54) is 5.56 Å². The van der Waals surface area contributed by atoms with Gasteiger partial charge in [0.2, 0.25) is 10.0 Å². The fourth-order valence-corrected chi connectivity index (χ4v) is 3.62. The Morgan fingerprint density at radius 1 is 0.917 bits per heavy atom. The molecule has 2 rings (SSSR count). The molecular weight excluding hydrogens is 320 g/mol. The molecule has 0 aliphatic carbocycles. The second-order valence-corrected chi connectivity index (χ2v) is 8.11. The second kappa shape index (κ2) is 8.31. The Kier molecular flexibility index (Phi) is 6.40. The molecule has 0 saturated heterocycles. The molecule has 0 bridgehead atoms. The van der Waals surface area contributed by atoms with Crippen LogP contribution in [0.3, 0.4) is 0 Å². The number of anilines is 1. The van der Waals surface area contributed by atoms with Gasteiger partial charge in [0, 0.05) is 26.3 Å². The van der Waals surface area contributed by atoms with Crippen molar-refractivity contribution in [1.82, 2.24) is 4.72 Å². The van der Waals surface area contributed by atoms with Crippen molar-refractivity contribution < 1.29 is 8.42 Å². The van der Waals surface area contributed by atoms with E-state index in [2.05, 4.69) is 33.9 Å². The summed E-state index contributed by atoms with van der Waals surface area (Å²) in [5.41, 5.74) is 4.33. The Morgan fingerprint density at radius 3 is 2.08 bits per heavy atom. The zero-order valence-corrected chi connectivity index (χ0v) is 15.4. The highest BCUT2D eigenvalue weighted by Gasteiger charge is 2.10. The van der Waals surface area contributed by atoms with Crippen LogP contribution in [0.1, 0.15) is 23.1 Å². The van der Waals surface area contributed by atoms with Crippen LogP contribution in [0.4, 0.5) is 5.69 Å². The van der Waals surface area contributed by atoms with Crippen molar-refractivity contribution in [2.75, 3.05) is 25.5 Å². The number of aryl methyl sites for hydroxylation is 2. The minimum absolute atomic E-state index is 0.0326. The smallest absolute Gasteiger partial charge is 0.215 e. The standard InChI is InChI=1S/C19H26N2O2S/c1-16-6-8-18(9-7-16)15-24(22,23)20-14-4-5-17-10-12-19(13-11-17)21(2)3/h6-13,20H,4-5,14-15H2,1-3H3. The van der Waals surface area contributed by atoms with Crippen molar-refractivity contribution >= 4 is 15.7 Å². The first-order valence-corrected chi connectivity index (χ1v) is 9.80. The Balaban J connectivity index is 1.77. The molecule has 130 valence electrons. The molecule has 0 fully saturated rings. The number of nitrogens with one attached hydrogen (secondary N) is 1. The van der Waals surface area contributed by atoms with Crippen LogP contribution in [0.2, 0.25) is 0 Å². The van der Waals surface area contributed by atoms with Gasteiger partial charge in [0.15, 0.2) is 0 Å². The van der Waals surface area contributed by atoms with Crippen LogP contribution in [0.25, 0.3) is 0 Å². The first-order chi connectivity index (χ1) is 11.4. The fourth-order valence-electron chi connectivity index (χ4n) is 2.44.